The number of aryl methyl sites for hydroxylation is 2. The van der Waals surface area contributed by atoms with Crippen molar-refractivity contribution < 1.29 is 18.0 Å². The second kappa shape index (κ2) is 8.11. The molecule has 2 aliphatic heterocycles. The van der Waals surface area contributed by atoms with Crippen molar-refractivity contribution >= 4 is 21.7 Å². The Kier molecular flexibility index (Phi) is 5.63. The zero-order valence-corrected chi connectivity index (χ0v) is 19.0. The Hall–Kier alpha value is -2.68. The zero-order valence-electron chi connectivity index (χ0n) is 18.2. The second-order valence-electron chi connectivity index (χ2n) is 8.51. The molecular formula is C22H28N4O4S. The predicted octanol–water partition coefficient (Wildman–Crippen LogP) is 1.83. The molecule has 1 unspecified atom stereocenters. The molecule has 1 aromatic carbocycles. The Balaban J connectivity index is 1.67. The molecule has 2 aromatic rings. The van der Waals surface area contributed by atoms with Gasteiger partial charge in [0.25, 0.3) is 5.91 Å². The van der Waals surface area contributed by atoms with Crippen LogP contribution in [0.25, 0.3) is 11.3 Å². The third-order valence-corrected chi connectivity index (χ3v) is 8.07. The minimum absolute atomic E-state index is 0.0100. The molecule has 0 radical (unpaired) electrons. The first-order chi connectivity index (χ1) is 14.6. The van der Waals surface area contributed by atoms with Crippen molar-refractivity contribution in [3.63, 3.8) is 0 Å². The maximum absolute atomic E-state index is 13.2. The largest absolute Gasteiger partial charge is 0.339 e. The summed E-state index contributed by atoms with van der Waals surface area (Å²) < 4.78 is 25.9. The van der Waals surface area contributed by atoms with Crippen LogP contribution in [-0.4, -0.2) is 77.5 Å². The maximum Gasteiger partial charge on any atom is 0.274 e. The van der Waals surface area contributed by atoms with E-state index in [1.165, 1.54) is 6.92 Å². The molecule has 2 saturated heterocycles. The van der Waals surface area contributed by atoms with Crippen molar-refractivity contribution in [3.8, 4) is 11.3 Å². The fraction of sp³-hybridized carbons (Fsp3) is 0.500. The molecule has 0 aliphatic carbocycles. The van der Waals surface area contributed by atoms with Gasteiger partial charge in [0, 0.05) is 38.7 Å². The third-order valence-electron chi connectivity index (χ3n) is 6.32. The molecule has 2 amide bonds. The van der Waals surface area contributed by atoms with Gasteiger partial charge in [-0.3, -0.25) is 14.3 Å². The van der Waals surface area contributed by atoms with E-state index in [0.717, 1.165) is 22.4 Å². The molecule has 1 aromatic heterocycles. The van der Waals surface area contributed by atoms with E-state index in [1.54, 1.807) is 20.5 Å². The Morgan fingerprint density at radius 1 is 1.00 bits per heavy atom. The Morgan fingerprint density at radius 2 is 1.68 bits per heavy atom. The van der Waals surface area contributed by atoms with Crippen molar-refractivity contribution in [2.45, 2.75) is 33.2 Å². The molecule has 1 atom stereocenters. The van der Waals surface area contributed by atoms with Gasteiger partial charge in [-0.1, -0.05) is 12.1 Å². The summed E-state index contributed by atoms with van der Waals surface area (Å²) in [5.41, 5.74) is 4.28. The Labute approximate surface area is 182 Å². The number of hydrogen-bond acceptors (Lipinski definition) is 5. The van der Waals surface area contributed by atoms with E-state index in [1.807, 2.05) is 32.0 Å². The molecule has 4 rings (SSSR count). The number of nitrogens with zero attached hydrogens (tertiary/aromatic N) is 4. The average molecular weight is 445 g/mol. The van der Waals surface area contributed by atoms with Gasteiger partial charge in [-0.15, -0.1) is 0 Å². The number of aromatic nitrogens is 2. The van der Waals surface area contributed by atoms with Gasteiger partial charge in [-0.25, -0.2) is 8.42 Å². The highest BCUT2D eigenvalue weighted by molar-refractivity contribution is 7.91. The molecule has 0 N–H and O–H groups in total. The predicted molar refractivity (Wildman–Crippen MR) is 118 cm³/mol. The van der Waals surface area contributed by atoms with Crippen LogP contribution in [0.15, 0.2) is 24.3 Å². The van der Waals surface area contributed by atoms with Crippen LogP contribution >= 0.6 is 0 Å². The van der Waals surface area contributed by atoms with Crippen molar-refractivity contribution in [3.05, 3.63) is 41.1 Å². The number of sulfone groups is 1. The lowest BCUT2D eigenvalue weighted by Crippen LogP contribution is -2.50. The van der Waals surface area contributed by atoms with E-state index in [-0.39, 0.29) is 29.4 Å². The van der Waals surface area contributed by atoms with E-state index in [4.69, 9.17) is 0 Å². The number of benzene rings is 1. The van der Waals surface area contributed by atoms with Crippen molar-refractivity contribution in [1.82, 2.24) is 19.6 Å². The summed E-state index contributed by atoms with van der Waals surface area (Å²) >= 11 is 0. The highest BCUT2D eigenvalue weighted by Crippen LogP contribution is 2.31. The fourth-order valence-corrected chi connectivity index (χ4v) is 5.94. The Bertz CT molecular complexity index is 1130. The average Bonchev–Trinajstić information content (AvgIpc) is 3.33. The molecule has 0 spiro atoms. The summed E-state index contributed by atoms with van der Waals surface area (Å²) in [6, 6.07) is 7.55. The number of hydrogen-bond donors (Lipinski definition) is 0. The first-order valence-corrected chi connectivity index (χ1v) is 12.4. The number of amides is 2. The molecule has 9 heteroatoms. The SMILES string of the molecule is CC(=O)N1CCN(C(=O)c2cc(-c3ccc(C)c(C)c3)n(C3CCS(=O)(=O)C3)n2)CC1. The van der Waals surface area contributed by atoms with E-state index >= 15 is 0 Å². The number of carbonyl (C=O) groups is 2. The van der Waals surface area contributed by atoms with Gasteiger partial charge in [0.1, 0.15) is 0 Å². The fourth-order valence-electron chi connectivity index (χ4n) is 4.25. The summed E-state index contributed by atoms with van der Waals surface area (Å²) in [5.74, 6) is 0.00110. The molecule has 0 saturated carbocycles. The summed E-state index contributed by atoms with van der Waals surface area (Å²) in [4.78, 5) is 28.2. The molecule has 0 bridgehead atoms. The first-order valence-electron chi connectivity index (χ1n) is 10.6. The lowest BCUT2D eigenvalue weighted by Gasteiger charge is -2.33. The molecule has 2 fully saturated rings. The van der Waals surface area contributed by atoms with Gasteiger partial charge in [0.15, 0.2) is 15.5 Å². The smallest absolute Gasteiger partial charge is 0.274 e. The number of carbonyl (C=O) groups excluding carboxylic acids is 2. The van der Waals surface area contributed by atoms with Crippen LogP contribution in [0.2, 0.25) is 0 Å². The second-order valence-corrected chi connectivity index (χ2v) is 10.7. The Morgan fingerprint density at radius 3 is 2.26 bits per heavy atom. The van der Waals surface area contributed by atoms with Gasteiger partial charge in [0.2, 0.25) is 5.91 Å². The van der Waals surface area contributed by atoms with E-state index in [2.05, 4.69) is 5.10 Å². The van der Waals surface area contributed by atoms with Crippen LogP contribution in [0.3, 0.4) is 0 Å². The van der Waals surface area contributed by atoms with Crippen molar-refractivity contribution in [2.24, 2.45) is 0 Å². The van der Waals surface area contributed by atoms with Crippen molar-refractivity contribution in [1.29, 1.82) is 0 Å². The summed E-state index contributed by atoms with van der Waals surface area (Å²) in [6.07, 6.45) is 0.493. The van der Waals surface area contributed by atoms with Gasteiger partial charge >= 0.3 is 0 Å². The molecule has 31 heavy (non-hydrogen) atoms. The van der Waals surface area contributed by atoms with Gasteiger partial charge in [-0.2, -0.15) is 5.10 Å². The molecule has 166 valence electrons. The highest BCUT2D eigenvalue weighted by atomic mass is 32.2. The van der Waals surface area contributed by atoms with E-state index < -0.39 is 9.84 Å². The van der Waals surface area contributed by atoms with E-state index in [0.29, 0.717) is 38.3 Å². The summed E-state index contributed by atoms with van der Waals surface area (Å²) in [7, 11) is -3.10. The molecule has 8 nitrogen and oxygen atoms in total. The zero-order chi connectivity index (χ0) is 22.3. The minimum Gasteiger partial charge on any atom is -0.339 e. The van der Waals surface area contributed by atoms with Gasteiger partial charge in [0.05, 0.1) is 23.2 Å². The lowest BCUT2D eigenvalue weighted by molar-refractivity contribution is -0.130. The maximum atomic E-state index is 13.2. The topological polar surface area (TPSA) is 92.6 Å². The van der Waals surface area contributed by atoms with Gasteiger partial charge in [-0.05, 0) is 43.5 Å². The van der Waals surface area contributed by atoms with Crippen LogP contribution in [-0.2, 0) is 14.6 Å². The van der Waals surface area contributed by atoms with Crippen LogP contribution in [0.4, 0.5) is 0 Å². The van der Waals surface area contributed by atoms with Crippen LogP contribution in [0.1, 0.15) is 41.0 Å². The monoisotopic (exact) mass is 444 g/mol. The number of rotatable bonds is 3. The summed E-state index contributed by atoms with van der Waals surface area (Å²) in [6.45, 7) is 7.53. The first kappa shape index (κ1) is 21.5. The highest BCUT2D eigenvalue weighted by Gasteiger charge is 2.33. The quantitative estimate of drug-likeness (QED) is 0.720. The van der Waals surface area contributed by atoms with Crippen LogP contribution < -0.4 is 0 Å². The van der Waals surface area contributed by atoms with Crippen LogP contribution in [0, 0.1) is 13.8 Å². The summed E-state index contributed by atoms with van der Waals surface area (Å²) in [5, 5.41) is 4.60. The third kappa shape index (κ3) is 4.37. The standard InChI is InChI=1S/C22H28N4O4S/c1-15-4-5-18(12-16(15)2)21-13-20(23-26(21)19-6-11-31(29,30)14-19)22(28)25-9-7-24(8-10-25)17(3)27/h4-5,12-13,19H,6-11,14H2,1-3H3. The molecular weight excluding hydrogens is 416 g/mol. The molecule has 3 heterocycles. The van der Waals surface area contributed by atoms with Gasteiger partial charge < -0.3 is 9.80 Å². The lowest BCUT2D eigenvalue weighted by atomic mass is 10.0. The minimum atomic E-state index is -3.10. The molecule has 2 aliphatic rings. The van der Waals surface area contributed by atoms with E-state index in [9.17, 15) is 18.0 Å². The normalized spacial score (nSPS) is 20.8. The van der Waals surface area contributed by atoms with Crippen LogP contribution in [0.5, 0.6) is 0 Å². The number of piperazine rings is 1. The van der Waals surface area contributed by atoms with Crippen molar-refractivity contribution in [2.75, 3.05) is 37.7 Å².